The summed E-state index contributed by atoms with van der Waals surface area (Å²) in [7, 11) is 0. The Balaban J connectivity index is 1.88. The maximum absolute atomic E-state index is 13.0. The number of aromatic nitrogens is 1. The summed E-state index contributed by atoms with van der Waals surface area (Å²) >= 11 is 7.03. The number of ether oxygens (including phenoxy) is 1. The van der Waals surface area contributed by atoms with Crippen LogP contribution in [0.2, 0.25) is 5.02 Å². The first-order chi connectivity index (χ1) is 11.5. The molecule has 4 nitrogen and oxygen atoms in total. The van der Waals surface area contributed by atoms with E-state index >= 15 is 0 Å². The van der Waals surface area contributed by atoms with E-state index in [0.717, 1.165) is 16.9 Å². The molecule has 7 heteroatoms. The number of halogens is 2. The molecule has 0 saturated heterocycles. The van der Waals surface area contributed by atoms with E-state index in [9.17, 15) is 14.3 Å². The number of carbonyl (C=O) groups is 1. The predicted molar refractivity (Wildman–Crippen MR) is 90.3 cm³/mol. The molecule has 0 aliphatic carbocycles. The number of hydrogen-bond donors (Lipinski definition) is 1. The van der Waals surface area contributed by atoms with Crippen LogP contribution in [0.15, 0.2) is 48.5 Å². The number of carboxylic acids is 1. The second-order valence-corrected chi connectivity index (χ2v) is 6.25. The van der Waals surface area contributed by atoms with Gasteiger partial charge in [0.2, 0.25) is 5.88 Å². The van der Waals surface area contributed by atoms with Crippen molar-refractivity contribution in [1.29, 1.82) is 0 Å². The first-order valence-corrected chi connectivity index (χ1v) is 8.10. The van der Waals surface area contributed by atoms with Gasteiger partial charge in [0.1, 0.15) is 17.4 Å². The molecule has 24 heavy (non-hydrogen) atoms. The molecule has 0 aliphatic rings. The summed E-state index contributed by atoms with van der Waals surface area (Å²) in [6.45, 7) is 0.104. The van der Waals surface area contributed by atoms with Gasteiger partial charge in [-0.3, -0.25) is 0 Å². The molecule has 1 N–H and O–H groups in total. The summed E-state index contributed by atoms with van der Waals surface area (Å²) < 4.78 is 18.6. The Morgan fingerprint density at radius 1 is 1.21 bits per heavy atom. The molecule has 3 rings (SSSR count). The monoisotopic (exact) mass is 363 g/mol. The number of aromatic carboxylic acids is 1. The molecule has 0 atom stereocenters. The van der Waals surface area contributed by atoms with Gasteiger partial charge in [0, 0.05) is 16.1 Å². The van der Waals surface area contributed by atoms with Crippen LogP contribution in [-0.2, 0) is 6.61 Å². The Morgan fingerprint density at radius 3 is 2.58 bits per heavy atom. The Kier molecular flexibility index (Phi) is 4.78. The standard InChI is InChI=1S/C17H11ClFNO3S/c18-13-4-2-1-3-11(13)9-23-15-14(17(21)22)24-16(20-15)10-5-7-12(19)8-6-10/h1-8H,9H2,(H,21,22). The summed E-state index contributed by atoms with van der Waals surface area (Å²) in [5, 5.41) is 10.3. The van der Waals surface area contributed by atoms with Crippen LogP contribution in [0.4, 0.5) is 4.39 Å². The number of benzene rings is 2. The van der Waals surface area contributed by atoms with E-state index in [2.05, 4.69) is 4.98 Å². The summed E-state index contributed by atoms with van der Waals surface area (Å²) in [4.78, 5) is 15.6. The zero-order chi connectivity index (χ0) is 17.1. The van der Waals surface area contributed by atoms with Crippen molar-refractivity contribution in [3.05, 3.63) is 69.8 Å². The van der Waals surface area contributed by atoms with Gasteiger partial charge in [-0.2, -0.15) is 0 Å². The van der Waals surface area contributed by atoms with Crippen molar-refractivity contribution in [2.45, 2.75) is 6.61 Å². The van der Waals surface area contributed by atoms with Crippen LogP contribution >= 0.6 is 22.9 Å². The van der Waals surface area contributed by atoms with Crippen LogP contribution in [0.25, 0.3) is 10.6 Å². The van der Waals surface area contributed by atoms with E-state index in [1.165, 1.54) is 24.3 Å². The molecule has 0 spiro atoms. The first kappa shape index (κ1) is 16.4. The Bertz CT molecular complexity index is 880. The average molecular weight is 364 g/mol. The second-order valence-electron chi connectivity index (χ2n) is 4.85. The minimum atomic E-state index is -1.13. The quantitative estimate of drug-likeness (QED) is 0.701. The molecule has 0 saturated carbocycles. The van der Waals surface area contributed by atoms with Gasteiger partial charge in [0.05, 0.1) is 0 Å². The molecule has 3 aromatic rings. The lowest BCUT2D eigenvalue weighted by Crippen LogP contribution is -2.01. The molecule has 0 amide bonds. The average Bonchev–Trinajstić information content (AvgIpc) is 2.99. The Hall–Kier alpha value is -2.44. The SMILES string of the molecule is O=C(O)c1sc(-c2ccc(F)cc2)nc1OCc1ccccc1Cl. The number of thiazole rings is 1. The third-order valence-corrected chi connectivity index (χ3v) is 4.65. The van der Waals surface area contributed by atoms with Crippen LogP contribution < -0.4 is 4.74 Å². The molecule has 0 bridgehead atoms. The minimum Gasteiger partial charge on any atom is -0.477 e. The molecule has 122 valence electrons. The summed E-state index contributed by atoms with van der Waals surface area (Å²) in [5.74, 6) is -1.48. The Morgan fingerprint density at radius 2 is 1.92 bits per heavy atom. The molecule has 0 aliphatic heterocycles. The van der Waals surface area contributed by atoms with Gasteiger partial charge in [-0.15, -0.1) is 11.3 Å². The molecule has 0 fully saturated rings. The Labute approximate surface area is 146 Å². The topological polar surface area (TPSA) is 59.4 Å². The van der Waals surface area contributed by atoms with Crippen LogP contribution in [-0.4, -0.2) is 16.1 Å². The third kappa shape index (κ3) is 3.55. The van der Waals surface area contributed by atoms with Crippen LogP contribution in [0, 0.1) is 5.82 Å². The van der Waals surface area contributed by atoms with Gasteiger partial charge in [-0.25, -0.2) is 14.2 Å². The van der Waals surface area contributed by atoms with Gasteiger partial charge < -0.3 is 9.84 Å². The maximum Gasteiger partial charge on any atom is 0.351 e. The molecule has 1 heterocycles. The fraction of sp³-hybridized carbons (Fsp3) is 0.0588. The molecule has 0 radical (unpaired) electrons. The van der Waals surface area contributed by atoms with E-state index in [1.807, 2.05) is 6.07 Å². The van der Waals surface area contributed by atoms with Gasteiger partial charge in [0.15, 0.2) is 4.88 Å². The van der Waals surface area contributed by atoms with E-state index in [-0.39, 0.29) is 23.2 Å². The second kappa shape index (κ2) is 6.98. The largest absolute Gasteiger partial charge is 0.477 e. The zero-order valence-corrected chi connectivity index (χ0v) is 13.8. The predicted octanol–water partition coefficient (Wildman–Crippen LogP) is 4.88. The van der Waals surface area contributed by atoms with Gasteiger partial charge in [-0.05, 0) is 30.3 Å². The van der Waals surface area contributed by atoms with Gasteiger partial charge in [0.25, 0.3) is 0 Å². The normalized spacial score (nSPS) is 10.6. The first-order valence-electron chi connectivity index (χ1n) is 6.91. The number of carboxylic acid groups (broad SMARTS) is 1. The lowest BCUT2D eigenvalue weighted by atomic mass is 10.2. The highest BCUT2D eigenvalue weighted by atomic mass is 35.5. The smallest absolute Gasteiger partial charge is 0.351 e. The van der Waals surface area contributed by atoms with Gasteiger partial charge in [-0.1, -0.05) is 29.8 Å². The number of nitrogens with zero attached hydrogens (tertiary/aromatic N) is 1. The summed E-state index contributed by atoms with van der Waals surface area (Å²) in [5.41, 5.74) is 1.35. The van der Waals surface area contributed by atoms with Crippen molar-refractivity contribution in [3.8, 4) is 16.5 Å². The lowest BCUT2D eigenvalue weighted by molar-refractivity contribution is 0.0697. The summed E-state index contributed by atoms with van der Waals surface area (Å²) in [6, 6.07) is 12.8. The van der Waals surface area contributed by atoms with E-state index in [0.29, 0.717) is 15.6 Å². The number of rotatable bonds is 5. The van der Waals surface area contributed by atoms with Crippen LogP contribution in [0.1, 0.15) is 15.2 Å². The molecule has 2 aromatic carbocycles. The number of hydrogen-bond acceptors (Lipinski definition) is 4. The van der Waals surface area contributed by atoms with Crippen molar-refractivity contribution in [2.75, 3.05) is 0 Å². The highest BCUT2D eigenvalue weighted by Gasteiger charge is 2.20. The van der Waals surface area contributed by atoms with Gasteiger partial charge >= 0.3 is 5.97 Å². The highest BCUT2D eigenvalue weighted by molar-refractivity contribution is 7.17. The zero-order valence-electron chi connectivity index (χ0n) is 12.2. The fourth-order valence-corrected chi connectivity index (χ4v) is 3.06. The molecular formula is C17H11ClFNO3S. The fourth-order valence-electron chi connectivity index (χ4n) is 2.02. The van der Waals surface area contributed by atoms with Crippen LogP contribution in [0.3, 0.4) is 0 Å². The van der Waals surface area contributed by atoms with E-state index in [1.54, 1.807) is 18.2 Å². The van der Waals surface area contributed by atoms with Crippen LogP contribution in [0.5, 0.6) is 5.88 Å². The van der Waals surface area contributed by atoms with E-state index < -0.39 is 5.97 Å². The molecule has 0 unspecified atom stereocenters. The highest BCUT2D eigenvalue weighted by Crippen LogP contribution is 2.33. The molecular weight excluding hydrogens is 353 g/mol. The van der Waals surface area contributed by atoms with Crippen molar-refractivity contribution < 1.29 is 19.0 Å². The van der Waals surface area contributed by atoms with Crippen molar-refractivity contribution >= 4 is 28.9 Å². The van der Waals surface area contributed by atoms with E-state index in [4.69, 9.17) is 16.3 Å². The van der Waals surface area contributed by atoms with Crippen molar-refractivity contribution in [2.24, 2.45) is 0 Å². The lowest BCUT2D eigenvalue weighted by Gasteiger charge is -2.05. The van der Waals surface area contributed by atoms with Crippen molar-refractivity contribution in [1.82, 2.24) is 4.98 Å². The minimum absolute atomic E-state index is 0.0126. The summed E-state index contributed by atoms with van der Waals surface area (Å²) in [6.07, 6.45) is 0. The van der Waals surface area contributed by atoms with Crippen molar-refractivity contribution in [3.63, 3.8) is 0 Å². The molecule has 1 aromatic heterocycles. The third-order valence-electron chi connectivity index (χ3n) is 3.20. The maximum atomic E-state index is 13.0.